The molecule has 0 aromatic carbocycles. The number of aliphatic hydroxyl groups is 1. The van der Waals surface area contributed by atoms with E-state index in [9.17, 15) is 18.8 Å². The number of fused-ring (bicyclic) bond motifs is 5. The van der Waals surface area contributed by atoms with Gasteiger partial charge in [0.25, 0.3) is 0 Å². The molecule has 3 aromatic heterocycles. The van der Waals surface area contributed by atoms with Crippen LogP contribution in [-0.2, 0) is 14.8 Å². The van der Waals surface area contributed by atoms with Crippen molar-refractivity contribution in [2.45, 2.75) is 81.6 Å². The van der Waals surface area contributed by atoms with Gasteiger partial charge in [-0.05, 0) is 75.5 Å². The average molecular weight is 662 g/mol. The van der Waals surface area contributed by atoms with Crippen molar-refractivity contribution in [3.05, 3.63) is 42.4 Å². The molecule has 6 fully saturated rings. The number of nitriles is 1. The Morgan fingerprint density at radius 3 is 2.49 bits per heavy atom. The molecule has 0 amide bonds. The van der Waals surface area contributed by atoms with Crippen LogP contribution in [0.3, 0.4) is 0 Å². The highest BCUT2D eigenvalue weighted by Gasteiger charge is 2.51. The fraction of sp³-hybridized carbons (Fsp3) is 0.618. The van der Waals surface area contributed by atoms with Crippen LogP contribution in [0.5, 0.6) is 5.75 Å². The Bertz CT molecular complexity index is 1730. The average Bonchev–Trinajstić information content (AvgIpc) is 3.59. The number of aliphatic hydroxyl groups excluding tert-OH is 1. The van der Waals surface area contributed by atoms with Gasteiger partial charge in [-0.15, -0.1) is 0 Å². The van der Waals surface area contributed by atoms with Crippen molar-refractivity contribution < 1.29 is 23.0 Å². The number of piperidine rings is 2. The molecule has 9 heterocycles. The lowest BCUT2D eigenvalue weighted by Gasteiger charge is -2.55. The molecule has 47 heavy (non-hydrogen) atoms. The van der Waals surface area contributed by atoms with Gasteiger partial charge in [0.05, 0.1) is 41.9 Å². The first kappa shape index (κ1) is 31.0. The predicted octanol–water partition coefficient (Wildman–Crippen LogP) is 3.04. The molecule has 5 atom stereocenters. The van der Waals surface area contributed by atoms with Crippen molar-refractivity contribution in [3.8, 4) is 22.9 Å². The largest absolute Gasteiger partial charge is 0.492 e. The number of ether oxygens (including phenoxy) is 2. The van der Waals surface area contributed by atoms with Crippen molar-refractivity contribution in [1.82, 2.24) is 23.8 Å². The van der Waals surface area contributed by atoms with Gasteiger partial charge in [-0.2, -0.15) is 14.7 Å². The second kappa shape index (κ2) is 12.6. The van der Waals surface area contributed by atoms with Crippen LogP contribution in [0.25, 0.3) is 16.6 Å². The molecule has 0 radical (unpaired) electrons. The van der Waals surface area contributed by atoms with Crippen molar-refractivity contribution in [2.24, 2.45) is 5.92 Å². The Kier molecular flexibility index (Phi) is 8.34. The summed E-state index contributed by atoms with van der Waals surface area (Å²) in [5.74, 6) is 1.90. The number of sulfonamides is 1. The van der Waals surface area contributed by atoms with Crippen LogP contribution in [0.1, 0.15) is 56.9 Å². The number of hydrogen-bond donors (Lipinski definition) is 1. The molecule has 3 unspecified atom stereocenters. The molecule has 6 saturated heterocycles. The van der Waals surface area contributed by atoms with Crippen molar-refractivity contribution in [2.75, 3.05) is 50.1 Å². The number of nitrogens with zero attached hydrogens (tertiary/aromatic N) is 7. The standard InChI is InChI=1S/C34H43N7O5S/c35-16-25-18-37-40-21-31(46-9-1-8-39-26-3-4-27(39)14-30(42)13-26)15-32(34(25)40)24-2-5-33(36-17-24)38-19-28-12-29(20-38)41(28)47(43,44)22-23-6-10-45-11-7-23/h2,5,15,17-18,21,23,26-30,42H,1,3-4,6-14,19-20,22H2/t26-,27+,28?,29?,30?. The first-order valence-corrected chi connectivity index (χ1v) is 18.8. The third-order valence-electron chi connectivity index (χ3n) is 11.0. The van der Waals surface area contributed by atoms with E-state index in [0.717, 1.165) is 62.0 Å². The van der Waals surface area contributed by atoms with Gasteiger partial charge in [-0.25, -0.2) is 17.9 Å². The molecule has 6 aliphatic heterocycles. The third kappa shape index (κ3) is 5.99. The van der Waals surface area contributed by atoms with Crippen molar-refractivity contribution in [1.29, 1.82) is 5.26 Å². The Morgan fingerprint density at radius 1 is 1.02 bits per heavy atom. The van der Waals surface area contributed by atoms with E-state index in [1.165, 1.54) is 12.8 Å². The summed E-state index contributed by atoms with van der Waals surface area (Å²) in [6.07, 6.45) is 12.6. The van der Waals surface area contributed by atoms with Crippen molar-refractivity contribution in [3.63, 3.8) is 0 Å². The Morgan fingerprint density at radius 2 is 1.79 bits per heavy atom. The van der Waals surface area contributed by atoms with Gasteiger partial charge in [0.15, 0.2) is 0 Å². The number of aromatic nitrogens is 3. The van der Waals surface area contributed by atoms with Crippen LogP contribution >= 0.6 is 0 Å². The Balaban J connectivity index is 0.936. The molecule has 0 aliphatic carbocycles. The first-order chi connectivity index (χ1) is 22.9. The minimum Gasteiger partial charge on any atom is -0.492 e. The summed E-state index contributed by atoms with van der Waals surface area (Å²) in [5.41, 5.74) is 2.87. The van der Waals surface area contributed by atoms with E-state index in [1.54, 1.807) is 15.0 Å². The maximum Gasteiger partial charge on any atom is 0.215 e. The predicted molar refractivity (Wildman–Crippen MR) is 176 cm³/mol. The monoisotopic (exact) mass is 661 g/mol. The van der Waals surface area contributed by atoms with Crippen molar-refractivity contribution >= 4 is 21.4 Å². The van der Waals surface area contributed by atoms with Crippen LogP contribution in [0, 0.1) is 17.2 Å². The summed E-state index contributed by atoms with van der Waals surface area (Å²) >= 11 is 0. The molecular formula is C34H43N7O5S. The molecule has 3 aromatic rings. The second-order valence-electron chi connectivity index (χ2n) is 14.0. The van der Waals surface area contributed by atoms with E-state index >= 15 is 0 Å². The maximum absolute atomic E-state index is 13.3. The molecule has 4 bridgehead atoms. The number of rotatable bonds is 10. The van der Waals surface area contributed by atoms with Crippen LogP contribution in [0.15, 0.2) is 36.8 Å². The number of pyridine rings is 2. The molecule has 6 aliphatic rings. The summed E-state index contributed by atoms with van der Waals surface area (Å²) in [6.45, 7) is 4.08. The van der Waals surface area contributed by atoms with E-state index in [2.05, 4.69) is 21.0 Å². The normalized spacial score (nSPS) is 28.3. The van der Waals surface area contributed by atoms with Gasteiger partial charge in [-0.3, -0.25) is 4.90 Å². The second-order valence-corrected chi connectivity index (χ2v) is 15.9. The molecule has 9 rings (SSSR count). The number of anilines is 1. The lowest BCUT2D eigenvalue weighted by Crippen LogP contribution is -2.70. The van der Waals surface area contributed by atoms with Gasteiger partial charge >= 0.3 is 0 Å². The quantitative estimate of drug-likeness (QED) is 0.323. The zero-order valence-corrected chi connectivity index (χ0v) is 27.5. The fourth-order valence-electron chi connectivity index (χ4n) is 8.77. The molecule has 12 nitrogen and oxygen atoms in total. The lowest BCUT2D eigenvalue weighted by atomic mass is 9.91. The highest BCUT2D eigenvalue weighted by atomic mass is 32.2. The minimum atomic E-state index is -3.30. The number of hydrogen-bond acceptors (Lipinski definition) is 10. The molecule has 13 heteroatoms. The summed E-state index contributed by atoms with van der Waals surface area (Å²) in [5, 5.41) is 24.4. The number of piperazine rings is 1. The topological polar surface area (TPSA) is 137 Å². The SMILES string of the molecule is N#Cc1cnn2cc(OCCCN3[C@@H]4CC[C@H]3CC(O)C4)cc(-c3ccc(N4CC5CC(C4)N5S(=O)(=O)CC4CCOCC4)nc3)c12. The fourth-order valence-corrected chi connectivity index (χ4v) is 11.1. The van der Waals surface area contributed by atoms with Gasteiger partial charge < -0.3 is 19.5 Å². The van der Waals surface area contributed by atoms with E-state index in [4.69, 9.17) is 14.5 Å². The van der Waals surface area contributed by atoms with Gasteiger partial charge in [0, 0.05) is 74.3 Å². The van der Waals surface area contributed by atoms with Gasteiger partial charge in [0.1, 0.15) is 17.6 Å². The van der Waals surface area contributed by atoms with Crippen LogP contribution < -0.4 is 9.64 Å². The Hall–Kier alpha value is -3.28. The summed E-state index contributed by atoms with van der Waals surface area (Å²) in [7, 11) is -3.30. The van der Waals surface area contributed by atoms with E-state index < -0.39 is 10.0 Å². The van der Waals surface area contributed by atoms with Crippen LogP contribution in [-0.4, -0.2) is 113 Å². The minimum absolute atomic E-state index is 0.0184. The molecule has 0 spiro atoms. The van der Waals surface area contributed by atoms with Crippen LogP contribution in [0.4, 0.5) is 5.82 Å². The highest BCUT2D eigenvalue weighted by Crippen LogP contribution is 2.39. The first-order valence-electron chi connectivity index (χ1n) is 17.1. The molecular weight excluding hydrogens is 618 g/mol. The molecule has 1 N–H and O–H groups in total. The molecule has 250 valence electrons. The summed E-state index contributed by atoms with van der Waals surface area (Å²) in [4.78, 5) is 9.55. The van der Waals surface area contributed by atoms with Gasteiger partial charge in [-0.1, -0.05) is 0 Å². The molecule has 0 saturated carbocycles. The zero-order chi connectivity index (χ0) is 32.1. The van der Waals surface area contributed by atoms with E-state index in [-0.39, 0.29) is 29.9 Å². The zero-order valence-electron chi connectivity index (χ0n) is 26.7. The Labute approximate surface area is 275 Å². The van der Waals surface area contributed by atoms with E-state index in [1.807, 2.05) is 30.6 Å². The lowest BCUT2D eigenvalue weighted by molar-refractivity contribution is 0.0331. The highest BCUT2D eigenvalue weighted by molar-refractivity contribution is 7.89. The smallest absolute Gasteiger partial charge is 0.215 e. The van der Waals surface area contributed by atoms with Gasteiger partial charge in [0.2, 0.25) is 10.0 Å². The van der Waals surface area contributed by atoms with Crippen LogP contribution in [0.2, 0.25) is 0 Å². The summed E-state index contributed by atoms with van der Waals surface area (Å²) < 4.78 is 41.7. The summed E-state index contributed by atoms with van der Waals surface area (Å²) in [6, 6.07) is 9.16. The third-order valence-corrected chi connectivity index (χ3v) is 13.1. The maximum atomic E-state index is 13.3. The van der Waals surface area contributed by atoms with E-state index in [0.29, 0.717) is 61.8 Å².